The number of nitrogens with zero attached hydrogens (tertiary/aromatic N) is 2. The van der Waals surface area contributed by atoms with Gasteiger partial charge in [-0.1, -0.05) is 29.3 Å². The Balaban J connectivity index is 1.54. The summed E-state index contributed by atoms with van der Waals surface area (Å²) < 4.78 is 0. The number of amides is 1. The third kappa shape index (κ3) is 4.02. The van der Waals surface area contributed by atoms with Gasteiger partial charge in [-0.25, -0.2) is 4.98 Å². The predicted octanol–water partition coefficient (Wildman–Crippen LogP) is 3.76. The molecule has 0 unspecified atom stereocenters. The Labute approximate surface area is 141 Å². The molecule has 5 heteroatoms. The summed E-state index contributed by atoms with van der Waals surface area (Å²) in [7, 11) is 0. The van der Waals surface area contributed by atoms with Crippen molar-refractivity contribution in [2.75, 3.05) is 18.4 Å². The van der Waals surface area contributed by atoms with Crippen molar-refractivity contribution in [1.82, 2.24) is 9.88 Å². The number of likely N-dealkylation sites (tertiary alicyclic amines) is 1. The molecule has 1 fully saturated rings. The van der Waals surface area contributed by atoms with Crippen molar-refractivity contribution in [2.24, 2.45) is 0 Å². The SMILES string of the molecule is Cc1ccc(NC2CCN(C(=O)c3ccc(Cl)cn3)CC2)cc1. The minimum Gasteiger partial charge on any atom is -0.382 e. The fourth-order valence-corrected chi connectivity index (χ4v) is 2.89. The van der Waals surface area contributed by atoms with E-state index in [4.69, 9.17) is 11.6 Å². The maximum absolute atomic E-state index is 12.4. The van der Waals surface area contributed by atoms with Crippen molar-refractivity contribution >= 4 is 23.2 Å². The van der Waals surface area contributed by atoms with E-state index in [9.17, 15) is 4.79 Å². The molecule has 1 N–H and O–H groups in total. The maximum atomic E-state index is 12.4. The zero-order valence-electron chi connectivity index (χ0n) is 13.1. The van der Waals surface area contributed by atoms with E-state index >= 15 is 0 Å². The lowest BCUT2D eigenvalue weighted by molar-refractivity contribution is 0.0712. The second kappa shape index (κ2) is 7.01. The highest BCUT2D eigenvalue weighted by Gasteiger charge is 2.24. The standard InChI is InChI=1S/C18H20ClN3O/c1-13-2-5-15(6-3-13)21-16-8-10-22(11-9-16)18(23)17-7-4-14(19)12-20-17/h2-7,12,16,21H,8-11H2,1H3. The fraction of sp³-hybridized carbons (Fsp3) is 0.333. The number of aromatic nitrogens is 1. The van der Waals surface area contributed by atoms with Crippen LogP contribution < -0.4 is 5.32 Å². The number of hydrogen-bond acceptors (Lipinski definition) is 3. The number of piperidine rings is 1. The smallest absolute Gasteiger partial charge is 0.272 e. The summed E-state index contributed by atoms with van der Waals surface area (Å²) in [6, 6.07) is 12.2. The summed E-state index contributed by atoms with van der Waals surface area (Å²) in [5.41, 5.74) is 2.85. The van der Waals surface area contributed by atoms with E-state index in [-0.39, 0.29) is 5.91 Å². The number of nitrogens with one attached hydrogen (secondary N) is 1. The van der Waals surface area contributed by atoms with E-state index < -0.39 is 0 Å². The quantitative estimate of drug-likeness (QED) is 0.932. The van der Waals surface area contributed by atoms with Crippen molar-refractivity contribution in [1.29, 1.82) is 0 Å². The van der Waals surface area contributed by atoms with Gasteiger partial charge in [0.25, 0.3) is 5.91 Å². The zero-order valence-corrected chi connectivity index (χ0v) is 13.9. The molecule has 0 atom stereocenters. The van der Waals surface area contributed by atoms with E-state index in [1.54, 1.807) is 12.1 Å². The van der Waals surface area contributed by atoms with Crippen molar-refractivity contribution in [3.8, 4) is 0 Å². The highest BCUT2D eigenvalue weighted by atomic mass is 35.5. The lowest BCUT2D eigenvalue weighted by Gasteiger charge is -2.32. The van der Waals surface area contributed by atoms with Crippen LogP contribution in [-0.4, -0.2) is 34.9 Å². The molecule has 1 aliphatic rings. The molecule has 0 bridgehead atoms. The van der Waals surface area contributed by atoms with Crippen LogP contribution >= 0.6 is 11.6 Å². The van der Waals surface area contributed by atoms with Gasteiger partial charge in [0.15, 0.2) is 0 Å². The zero-order chi connectivity index (χ0) is 16.2. The molecule has 0 spiro atoms. The molecular weight excluding hydrogens is 310 g/mol. The van der Waals surface area contributed by atoms with Crippen LogP contribution in [0.15, 0.2) is 42.6 Å². The van der Waals surface area contributed by atoms with Crippen molar-refractivity contribution in [3.05, 3.63) is 58.9 Å². The van der Waals surface area contributed by atoms with Gasteiger partial charge in [-0.3, -0.25) is 4.79 Å². The van der Waals surface area contributed by atoms with E-state index in [1.807, 2.05) is 4.90 Å². The van der Waals surface area contributed by atoms with Crippen molar-refractivity contribution < 1.29 is 4.79 Å². The number of pyridine rings is 1. The third-order valence-electron chi connectivity index (χ3n) is 4.15. The van der Waals surface area contributed by atoms with Gasteiger partial charge in [-0.05, 0) is 44.0 Å². The molecule has 1 amide bonds. The third-order valence-corrected chi connectivity index (χ3v) is 4.37. The fourth-order valence-electron chi connectivity index (χ4n) is 2.78. The Hall–Kier alpha value is -2.07. The minimum absolute atomic E-state index is 0.0181. The van der Waals surface area contributed by atoms with Gasteiger partial charge in [0.1, 0.15) is 5.69 Å². The first-order valence-electron chi connectivity index (χ1n) is 7.86. The van der Waals surface area contributed by atoms with E-state index in [1.165, 1.54) is 11.8 Å². The highest BCUT2D eigenvalue weighted by molar-refractivity contribution is 6.30. The van der Waals surface area contributed by atoms with Gasteiger partial charge in [-0.2, -0.15) is 0 Å². The van der Waals surface area contributed by atoms with Crippen LogP contribution in [0.3, 0.4) is 0 Å². The van der Waals surface area contributed by atoms with Crippen LogP contribution in [0.5, 0.6) is 0 Å². The van der Waals surface area contributed by atoms with Crippen molar-refractivity contribution in [2.45, 2.75) is 25.8 Å². The molecule has 4 nitrogen and oxygen atoms in total. The van der Waals surface area contributed by atoms with Gasteiger partial charge in [-0.15, -0.1) is 0 Å². The number of rotatable bonds is 3. The molecule has 0 saturated carbocycles. The van der Waals surface area contributed by atoms with Gasteiger partial charge in [0, 0.05) is 31.0 Å². The second-order valence-corrected chi connectivity index (χ2v) is 6.37. The normalized spacial score (nSPS) is 15.5. The number of aryl methyl sites for hydroxylation is 1. The van der Waals surface area contributed by atoms with Gasteiger partial charge < -0.3 is 10.2 Å². The summed E-state index contributed by atoms with van der Waals surface area (Å²) >= 11 is 5.81. The molecular formula is C18H20ClN3O. The number of benzene rings is 1. The second-order valence-electron chi connectivity index (χ2n) is 5.94. The lowest BCUT2D eigenvalue weighted by atomic mass is 10.0. The molecule has 2 heterocycles. The monoisotopic (exact) mass is 329 g/mol. The summed E-state index contributed by atoms with van der Waals surface area (Å²) in [6.07, 6.45) is 3.39. The van der Waals surface area contributed by atoms with Crippen LogP contribution in [-0.2, 0) is 0 Å². The average molecular weight is 330 g/mol. The molecule has 1 aromatic heterocycles. The maximum Gasteiger partial charge on any atom is 0.272 e. The molecule has 3 rings (SSSR count). The van der Waals surface area contributed by atoms with Crippen molar-refractivity contribution in [3.63, 3.8) is 0 Å². The number of anilines is 1. The Morgan fingerprint density at radius 1 is 1.17 bits per heavy atom. The topological polar surface area (TPSA) is 45.2 Å². The Morgan fingerprint density at radius 3 is 2.48 bits per heavy atom. The minimum atomic E-state index is -0.0181. The molecule has 1 aromatic carbocycles. The van der Waals surface area contributed by atoms with Crippen LogP contribution in [0.1, 0.15) is 28.9 Å². The summed E-state index contributed by atoms with van der Waals surface area (Å²) in [6.45, 7) is 3.57. The Bertz CT molecular complexity index is 662. The predicted molar refractivity (Wildman–Crippen MR) is 93.0 cm³/mol. The number of carbonyl (C=O) groups is 1. The first-order chi connectivity index (χ1) is 11.1. The van der Waals surface area contributed by atoms with Crippen LogP contribution in [0.2, 0.25) is 5.02 Å². The molecule has 0 aliphatic carbocycles. The van der Waals surface area contributed by atoms with Crippen LogP contribution in [0.25, 0.3) is 0 Å². The van der Waals surface area contributed by atoms with Gasteiger partial charge >= 0.3 is 0 Å². The summed E-state index contributed by atoms with van der Waals surface area (Å²) in [4.78, 5) is 18.4. The first-order valence-corrected chi connectivity index (χ1v) is 8.23. The van der Waals surface area contributed by atoms with Gasteiger partial charge in [0.05, 0.1) is 5.02 Å². The van der Waals surface area contributed by atoms with Crippen LogP contribution in [0.4, 0.5) is 5.69 Å². The highest BCUT2D eigenvalue weighted by Crippen LogP contribution is 2.18. The summed E-state index contributed by atoms with van der Waals surface area (Å²) in [5.74, 6) is -0.0181. The molecule has 1 aliphatic heterocycles. The molecule has 120 valence electrons. The largest absolute Gasteiger partial charge is 0.382 e. The van der Waals surface area contributed by atoms with E-state index in [0.29, 0.717) is 16.8 Å². The average Bonchev–Trinajstić information content (AvgIpc) is 2.58. The number of hydrogen-bond donors (Lipinski definition) is 1. The van der Waals surface area contributed by atoms with Crippen LogP contribution in [0, 0.1) is 6.92 Å². The molecule has 0 radical (unpaired) electrons. The first kappa shape index (κ1) is 15.8. The molecule has 1 saturated heterocycles. The number of carbonyl (C=O) groups excluding carboxylic acids is 1. The molecule has 23 heavy (non-hydrogen) atoms. The number of halogens is 1. The lowest BCUT2D eigenvalue weighted by Crippen LogP contribution is -2.42. The Morgan fingerprint density at radius 2 is 1.87 bits per heavy atom. The van der Waals surface area contributed by atoms with Gasteiger partial charge in [0.2, 0.25) is 0 Å². The van der Waals surface area contributed by atoms with E-state index in [0.717, 1.165) is 31.6 Å². The van der Waals surface area contributed by atoms with E-state index in [2.05, 4.69) is 41.5 Å². The Kier molecular flexibility index (Phi) is 4.82. The molecule has 2 aromatic rings. The summed E-state index contributed by atoms with van der Waals surface area (Å²) in [5, 5.41) is 4.09.